The molecule has 4 heteroatoms. The van der Waals surface area contributed by atoms with E-state index < -0.39 is 0 Å². The molecule has 2 rings (SSSR count). The molecule has 0 aliphatic rings. The summed E-state index contributed by atoms with van der Waals surface area (Å²) in [6, 6.07) is 13.5. The Morgan fingerprint density at radius 2 is 1.33 bits per heavy atom. The Morgan fingerprint density at radius 1 is 0.714 bits per heavy atom. The third kappa shape index (κ3) is 3.81. The third-order valence-corrected chi connectivity index (χ3v) is 3.17. The van der Waals surface area contributed by atoms with Gasteiger partial charge in [-0.05, 0) is 29.8 Å². The fourth-order valence-electron chi connectivity index (χ4n) is 2.05. The van der Waals surface area contributed by atoms with Crippen molar-refractivity contribution in [2.24, 2.45) is 0 Å². The summed E-state index contributed by atoms with van der Waals surface area (Å²) in [4.78, 5) is 0. The van der Waals surface area contributed by atoms with Crippen LogP contribution in [-0.4, -0.2) is 27.9 Å². The monoisotopic (exact) mass is 288 g/mol. The Bertz CT molecular complexity index is 581. The van der Waals surface area contributed by atoms with Gasteiger partial charge in [-0.15, -0.1) is 0 Å². The average Bonchev–Trinajstić information content (AvgIpc) is 2.55. The molecule has 2 aromatic carbocycles. The quantitative estimate of drug-likeness (QED) is 0.783. The molecule has 0 aliphatic carbocycles. The Balaban J connectivity index is 1.97. The molecule has 0 spiro atoms. The first-order valence-electron chi connectivity index (χ1n) is 6.75. The maximum absolute atomic E-state index is 5.76. The van der Waals surface area contributed by atoms with Gasteiger partial charge in [-0.3, -0.25) is 0 Å². The predicted molar refractivity (Wildman–Crippen MR) is 81.7 cm³/mol. The molecular formula is C17H20O4. The van der Waals surface area contributed by atoms with Crippen LogP contribution < -0.4 is 18.9 Å². The second-order valence-corrected chi connectivity index (χ2v) is 4.44. The van der Waals surface area contributed by atoms with Crippen molar-refractivity contribution in [2.75, 3.05) is 27.9 Å². The van der Waals surface area contributed by atoms with Gasteiger partial charge in [0, 0.05) is 6.42 Å². The number of ether oxygens (including phenoxy) is 4. The van der Waals surface area contributed by atoms with Gasteiger partial charge in [-0.1, -0.05) is 18.2 Å². The summed E-state index contributed by atoms with van der Waals surface area (Å²) in [6.07, 6.45) is 0.776. The first kappa shape index (κ1) is 15.0. The van der Waals surface area contributed by atoms with Crippen molar-refractivity contribution in [3.8, 4) is 23.0 Å². The minimum absolute atomic E-state index is 0.565. The summed E-state index contributed by atoms with van der Waals surface area (Å²) >= 11 is 0. The number of hydrogen-bond acceptors (Lipinski definition) is 4. The second-order valence-electron chi connectivity index (χ2n) is 4.44. The minimum Gasteiger partial charge on any atom is -0.493 e. The van der Waals surface area contributed by atoms with Crippen LogP contribution in [0.5, 0.6) is 23.0 Å². The number of benzene rings is 2. The molecule has 0 amide bonds. The summed E-state index contributed by atoms with van der Waals surface area (Å²) in [7, 11) is 4.89. The summed E-state index contributed by atoms with van der Waals surface area (Å²) < 4.78 is 21.5. The van der Waals surface area contributed by atoms with E-state index >= 15 is 0 Å². The van der Waals surface area contributed by atoms with Crippen molar-refractivity contribution in [3.05, 3.63) is 48.0 Å². The van der Waals surface area contributed by atoms with Crippen molar-refractivity contribution < 1.29 is 18.9 Å². The van der Waals surface area contributed by atoms with E-state index in [0.717, 1.165) is 35.0 Å². The molecule has 0 radical (unpaired) electrons. The van der Waals surface area contributed by atoms with E-state index in [2.05, 4.69) is 0 Å². The zero-order chi connectivity index (χ0) is 15.1. The van der Waals surface area contributed by atoms with Crippen LogP contribution in [0.2, 0.25) is 0 Å². The maximum atomic E-state index is 5.76. The van der Waals surface area contributed by atoms with E-state index in [9.17, 15) is 0 Å². The average molecular weight is 288 g/mol. The Labute approximate surface area is 125 Å². The number of hydrogen-bond donors (Lipinski definition) is 0. The highest BCUT2D eigenvalue weighted by molar-refractivity contribution is 5.43. The standard InChI is InChI=1S/C17H20O4/c1-18-14-6-4-5-7-16(14)21-11-10-13-8-9-15(19-2)17(12-13)20-3/h4-9,12H,10-11H2,1-3H3. The van der Waals surface area contributed by atoms with E-state index in [0.29, 0.717) is 6.61 Å². The summed E-state index contributed by atoms with van der Waals surface area (Å²) in [5, 5.41) is 0. The van der Waals surface area contributed by atoms with Crippen LogP contribution in [-0.2, 0) is 6.42 Å². The molecule has 21 heavy (non-hydrogen) atoms. The molecule has 0 saturated heterocycles. The fourth-order valence-corrected chi connectivity index (χ4v) is 2.05. The lowest BCUT2D eigenvalue weighted by Gasteiger charge is -2.12. The zero-order valence-electron chi connectivity index (χ0n) is 12.6. The number of rotatable bonds is 7. The van der Waals surface area contributed by atoms with Crippen LogP contribution >= 0.6 is 0 Å². The number of para-hydroxylation sites is 2. The zero-order valence-corrected chi connectivity index (χ0v) is 12.6. The van der Waals surface area contributed by atoms with Gasteiger partial charge in [-0.25, -0.2) is 0 Å². The van der Waals surface area contributed by atoms with Crippen molar-refractivity contribution >= 4 is 0 Å². The molecule has 4 nitrogen and oxygen atoms in total. The molecule has 0 N–H and O–H groups in total. The van der Waals surface area contributed by atoms with Gasteiger partial charge in [0.25, 0.3) is 0 Å². The van der Waals surface area contributed by atoms with Gasteiger partial charge >= 0.3 is 0 Å². The largest absolute Gasteiger partial charge is 0.493 e. The third-order valence-electron chi connectivity index (χ3n) is 3.17. The summed E-state index contributed by atoms with van der Waals surface area (Å²) in [5.41, 5.74) is 1.13. The number of methoxy groups -OCH3 is 3. The van der Waals surface area contributed by atoms with Crippen LogP contribution in [0.15, 0.2) is 42.5 Å². The molecule has 0 fully saturated rings. The van der Waals surface area contributed by atoms with Crippen molar-refractivity contribution in [1.82, 2.24) is 0 Å². The summed E-state index contributed by atoms with van der Waals surface area (Å²) in [6.45, 7) is 0.565. The molecule has 0 atom stereocenters. The van der Waals surface area contributed by atoms with Gasteiger partial charge < -0.3 is 18.9 Å². The maximum Gasteiger partial charge on any atom is 0.161 e. The van der Waals surface area contributed by atoms with Crippen LogP contribution in [0.3, 0.4) is 0 Å². The van der Waals surface area contributed by atoms with Crippen LogP contribution in [0.1, 0.15) is 5.56 Å². The Kier molecular flexibility index (Phi) is 5.32. The second kappa shape index (κ2) is 7.43. The highest BCUT2D eigenvalue weighted by atomic mass is 16.5. The topological polar surface area (TPSA) is 36.9 Å². The van der Waals surface area contributed by atoms with E-state index in [-0.39, 0.29) is 0 Å². The minimum atomic E-state index is 0.565. The van der Waals surface area contributed by atoms with Crippen LogP contribution in [0.4, 0.5) is 0 Å². The Hall–Kier alpha value is -2.36. The molecule has 0 unspecified atom stereocenters. The lowest BCUT2D eigenvalue weighted by atomic mass is 10.1. The van der Waals surface area contributed by atoms with Crippen molar-refractivity contribution in [1.29, 1.82) is 0 Å². The molecule has 0 saturated carbocycles. The SMILES string of the molecule is COc1ccc(CCOc2ccccc2OC)cc1OC. The first-order valence-corrected chi connectivity index (χ1v) is 6.75. The molecule has 0 aliphatic heterocycles. The molecule has 0 heterocycles. The van der Waals surface area contributed by atoms with Gasteiger partial charge in [-0.2, -0.15) is 0 Å². The van der Waals surface area contributed by atoms with Crippen LogP contribution in [0, 0.1) is 0 Å². The van der Waals surface area contributed by atoms with E-state index in [1.165, 1.54) is 0 Å². The highest BCUT2D eigenvalue weighted by Crippen LogP contribution is 2.28. The Morgan fingerprint density at radius 3 is 2.00 bits per heavy atom. The molecule has 112 valence electrons. The van der Waals surface area contributed by atoms with Gasteiger partial charge in [0.1, 0.15) is 0 Å². The van der Waals surface area contributed by atoms with Gasteiger partial charge in [0.2, 0.25) is 0 Å². The van der Waals surface area contributed by atoms with E-state index in [1.54, 1.807) is 21.3 Å². The molecule has 0 bridgehead atoms. The predicted octanol–water partition coefficient (Wildman–Crippen LogP) is 3.33. The van der Waals surface area contributed by atoms with E-state index in [4.69, 9.17) is 18.9 Å². The highest BCUT2D eigenvalue weighted by Gasteiger charge is 2.06. The molecular weight excluding hydrogens is 268 g/mol. The van der Waals surface area contributed by atoms with Crippen LogP contribution in [0.25, 0.3) is 0 Å². The van der Waals surface area contributed by atoms with Crippen molar-refractivity contribution in [2.45, 2.75) is 6.42 Å². The molecule has 2 aromatic rings. The lowest BCUT2D eigenvalue weighted by Crippen LogP contribution is -2.03. The van der Waals surface area contributed by atoms with E-state index in [1.807, 2.05) is 42.5 Å². The van der Waals surface area contributed by atoms with Gasteiger partial charge in [0.15, 0.2) is 23.0 Å². The normalized spacial score (nSPS) is 10.0. The summed E-state index contributed by atoms with van der Waals surface area (Å²) in [5.74, 6) is 2.95. The van der Waals surface area contributed by atoms with Crippen molar-refractivity contribution in [3.63, 3.8) is 0 Å². The first-order chi connectivity index (χ1) is 10.3. The van der Waals surface area contributed by atoms with Gasteiger partial charge in [0.05, 0.1) is 27.9 Å². The fraction of sp³-hybridized carbons (Fsp3) is 0.294. The smallest absolute Gasteiger partial charge is 0.161 e. The molecule has 0 aromatic heterocycles. The lowest BCUT2D eigenvalue weighted by molar-refractivity contribution is 0.297.